The number of anilines is 2. The van der Waals surface area contributed by atoms with Crippen molar-refractivity contribution in [3.05, 3.63) is 23.2 Å². The van der Waals surface area contributed by atoms with Gasteiger partial charge in [0.2, 0.25) is 17.7 Å². The highest BCUT2D eigenvalue weighted by molar-refractivity contribution is 6.31. The number of fused-ring (bicyclic) bond motifs is 1. The van der Waals surface area contributed by atoms with Crippen LogP contribution in [0.3, 0.4) is 0 Å². The van der Waals surface area contributed by atoms with Gasteiger partial charge >= 0.3 is 0 Å². The molecule has 6 nitrogen and oxygen atoms in total. The largest absolute Gasteiger partial charge is 0.370 e. The van der Waals surface area contributed by atoms with Crippen LogP contribution in [0.5, 0.6) is 0 Å². The summed E-state index contributed by atoms with van der Waals surface area (Å²) in [5.41, 5.74) is 1.57. The van der Waals surface area contributed by atoms with E-state index in [-0.39, 0.29) is 36.1 Å². The molecule has 0 aromatic heterocycles. The Balaban J connectivity index is 1.47. The molecular weight excluding hydrogens is 378 g/mol. The van der Waals surface area contributed by atoms with E-state index in [1.165, 1.54) is 6.42 Å². The third-order valence-electron chi connectivity index (χ3n) is 6.16. The van der Waals surface area contributed by atoms with Crippen LogP contribution < -0.4 is 10.2 Å². The number of nitrogens with zero attached hydrogens (tertiary/aromatic N) is 2. The summed E-state index contributed by atoms with van der Waals surface area (Å²) >= 11 is 6.15. The lowest BCUT2D eigenvalue weighted by molar-refractivity contribution is -0.142. The monoisotopic (exact) mass is 403 g/mol. The molecule has 7 heteroatoms. The maximum absolute atomic E-state index is 12.7. The second-order valence-electron chi connectivity index (χ2n) is 8.02. The first-order chi connectivity index (χ1) is 13.5. The molecule has 28 heavy (non-hydrogen) atoms. The minimum Gasteiger partial charge on any atom is -0.370 e. The predicted molar refractivity (Wildman–Crippen MR) is 108 cm³/mol. The predicted octanol–water partition coefficient (Wildman–Crippen LogP) is 3.44. The highest BCUT2D eigenvalue weighted by Crippen LogP contribution is 2.38. The number of halogens is 1. The first kappa shape index (κ1) is 19.2. The van der Waals surface area contributed by atoms with Crippen LogP contribution in [0, 0.1) is 11.8 Å². The molecule has 1 aliphatic carbocycles. The molecule has 0 bridgehead atoms. The van der Waals surface area contributed by atoms with E-state index < -0.39 is 0 Å². The summed E-state index contributed by atoms with van der Waals surface area (Å²) in [4.78, 5) is 41.3. The molecule has 150 valence electrons. The van der Waals surface area contributed by atoms with Crippen LogP contribution >= 0.6 is 11.6 Å². The Morgan fingerprint density at radius 2 is 1.64 bits per heavy atom. The van der Waals surface area contributed by atoms with Crippen LogP contribution in [0.1, 0.15) is 44.9 Å². The number of imide groups is 1. The molecule has 2 aliphatic heterocycles. The topological polar surface area (TPSA) is 69.7 Å². The SMILES string of the molecule is O=C(CN1C(=O)[C@H]2CCCC[C@@H]2C1=O)Nc1cc(Cl)ccc1N1CCCCC1. The Morgan fingerprint density at radius 3 is 2.29 bits per heavy atom. The van der Waals surface area contributed by atoms with Gasteiger partial charge in [0.05, 0.1) is 23.2 Å². The minimum absolute atomic E-state index is 0.188. The van der Waals surface area contributed by atoms with E-state index in [9.17, 15) is 14.4 Å². The number of hydrogen-bond acceptors (Lipinski definition) is 4. The van der Waals surface area contributed by atoms with E-state index >= 15 is 0 Å². The van der Waals surface area contributed by atoms with E-state index in [1.807, 2.05) is 12.1 Å². The molecule has 0 spiro atoms. The van der Waals surface area contributed by atoms with Gasteiger partial charge in [0.15, 0.2) is 0 Å². The Hall–Kier alpha value is -2.08. The van der Waals surface area contributed by atoms with Gasteiger partial charge in [-0.2, -0.15) is 0 Å². The Labute approximate surface area is 170 Å². The minimum atomic E-state index is -0.360. The number of nitrogens with one attached hydrogen (secondary N) is 1. The number of piperidine rings is 1. The van der Waals surface area contributed by atoms with E-state index in [1.54, 1.807) is 6.07 Å². The van der Waals surface area contributed by atoms with Gasteiger partial charge in [0.25, 0.3) is 0 Å². The molecular formula is C21H26ClN3O3. The molecule has 0 radical (unpaired) electrons. The van der Waals surface area contributed by atoms with Crippen molar-refractivity contribution in [1.29, 1.82) is 0 Å². The Morgan fingerprint density at radius 1 is 1.00 bits per heavy atom. The quantitative estimate of drug-likeness (QED) is 0.782. The second kappa shape index (κ2) is 8.11. The average molecular weight is 404 g/mol. The smallest absolute Gasteiger partial charge is 0.244 e. The van der Waals surface area contributed by atoms with Crippen LogP contribution in [0.15, 0.2) is 18.2 Å². The number of rotatable bonds is 4. The van der Waals surface area contributed by atoms with Gasteiger partial charge in [-0.05, 0) is 50.3 Å². The Kier molecular flexibility index (Phi) is 5.58. The van der Waals surface area contributed by atoms with Crippen molar-refractivity contribution in [2.75, 3.05) is 29.9 Å². The molecule has 3 amide bonds. The van der Waals surface area contributed by atoms with Gasteiger partial charge in [-0.25, -0.2) is 0 Å². The highest BCUT2D eigenvalue weighted by atomic mass is 35.5. The van der Waals surface area contributed by atoms with Crippen LogP contribution in [0.2, 0.25) is 5.02 Å². The number of hydrogen-bond donors (Lipinski definition) is 1. The zero-order valence-electron chi connectivity index (χ0n) is 16.0. The number of carbonyl (C=O) groups excluding carboxylic acids is 3. The number of benzene rings is 1. The molecule has 1 saturated carbocycles. The molecule has 1 aromatic rings. The van der Waals surface area contributed by atoms with Crippen LogP contribution in [-0.4, -0.2) is 42.3 Å². The van der Waals surface area contributed by atoms with Gasteiger partial charge in [-0.3, -0.25) is 19.3 Å². The molecule has 4 rings (SSSR count). The van der Waals surface area contributed by atoms with Crippen molar-refractivity contribution in [2.45, 2.75) is 44.9 Å². The third kappa shape index (κ3) is 3.75. The van der Waals surface area contributed by atoms with Crippen LogP contribution in [-0.2, 0) is 14.4 Å². The van der Waals surface area contributed by atoms with Crippen LogP contribution in [0.4, 0.5) is 11.4 Å². The fourth-order valence-electron chi connectivity index (χ4n) is 4.74. The standard InChI is InChI=1S/C21H26ClN3O3/c22-14-8-9-18(24-10-4-1-5-11-24)17(12-14)23-19(26)13-25-20(27)15-6-2-3-7-16(15)21(25)28/h8-9,12,15-16H,1-7,10-11,13H2,(H,23,26)/t15-,16-/m0/s1. The summed E-state index contributed by atoms with van der Waals surface area (Å²) < 4.78 is 0. The lowest BCUT2D eigenvalue weighted by Crippen LogP contribution is -2.38. The zero-order valence-corrected chi connectivity index (χ0v) is 16.7. The van der Waals surface area contributed by atoms with E-state index in [2.05, 4.69) is 10.2 Å². The van der Waals surface area contributed by atoms with Gasteiger partial charge < -0.3 is 10.2 Å². The van der Waals surface area contributed by atoms with Crippen molar-refractivity contribution in [3.8, 4) is 0 Å². The summed E-state index contributed by atoms with van der Waals surface area (Å²) in [6, 6.07) is 5.47. The molecule has 2 atom stereocenters. The number of carbonyl (C=O) groups is 3. The fraction of sp³-hybridized carbons (Fsp3) is 0.571. The van der Waals surface area contributed by atoms with Crippen molar-refractivity contribution < 1.29 is 14.4 Å². The van der Waals surface area contributed by atoms with Crippen molar-refractivity contribution in [3.63, 3.8) is 0 Å². The molecule has 0 unspecified atom stereocenters. The molecule has 3 fully saturated rings. The van der Waals surface area contributed by atoms with E-state index in [0.717, 1.165) is 62.2 Å². The summed E-state index contributed by atoms with van der Waals surface area (Å²) in [5.74, 6) is -1.20. The maximum Gasteiger partial charge on any atom is 0.244 e. The van der Waals surface area contributed by atoms with E-state index in [0.29, 0.717) is 10.7 Å². The summed E-state index contributed by atoms with van der Waals surface area (Å²) in [6.07, 6.45) is 6.91. The van der Waals surface area contributed by atoms with E-state index in [4.69, 9.17) is 11.6 Å². The van der Waals surface area contributed by atoms with Crippen molar-refractivity contribution >= 4 is 40.7 Å². The average Bonchev–Trinajstić information content (AvgIpc) is 2.94. The lowest BCUT2D eigenvalue weighted by atomic mass is 9.81. The van der Waals surface area contributed by atoms with Crippen molar-refractivity contribution in [1.82, 2.24) is 4.90 Å². The third-order valence-corrected chi connectivity index (χ3v) is 6.40. The number of amides is 3. The molecule has 1 N–H and O–H groups in total. The van der Waals surface area contributed by atoms with Gasteiger partial charge in [0, 0.05) is 18.1 Å². The van der Waals surface area contributed by atoms with Gasteiger partial charge in [-0.15, -0.1) is 0 Å². The Bertz CT molecular complexity index is 767. The molecule has 2 saturated heterocycles. The summed E-state index contributed by atoms with van der Waals surface area (Å²) in [6.45, 7) is 1.66. The fourth-order valence-corrected chi connectivity index (χ4v) is 4.91. The first-order valence-electron chi connectivity index (χ1n) is 10.2. The zero-order chi connectivity index (χ0) is 19.7. The van der Waals surface area contributed by atoms with Gasteiger partial charge in [0.1, 0.15) is 6.54 Å². The van der Waals surface area contributed by atoms with Gasteiger partial charge in [-0.1, -0.05) is 24.4 Å². The first-order valence-corrected chi connectivity index (χ1v) is 10.6. The molecule has 1 aromatic carbocycles. The molecule has 3 aliphatic rings. The van der Waals surface area contributed by atoms with Crippen LogP contribution in [0.25, 0.3) is 0 Å². The van der Waals surface area contributed by atoms with Crippen molar-refractivity contribution in [2.24, 2.45) is 11.8 Å². The second-order valence-corrected chi connectivity index (χ2v) is 8.45. The normalized spacial score (nSPS) is 25.0. The number of likely N-dealkylation sites (tertiary alicyclic amines) is 1. The summed E-state index contributed by atoms with van der Waals surface area (Å²) in [5, 5.41) is 3.42. The molecule has 2 heterocycles. The maximum atomic E-state index is 12.7. The summed E-state index contributed by atoms with van der Waals surface area (Å²) in [7, 11) is 0. The highest BCUT2D eigenvalue weighted by Gasteiger charge is 2.48. The lowest BCUT2D eigenvalue weighted by Gasteiger charge is -2.30.